The van der Waals surface area contributed by atoms with Crippen molar-refractivity contribution in [2.45, 2.75) is 13.5 Å². The molecule has 12 heavy (non-hydrogen) atoms. The van der Waals surface area contributed by atoms with E-state index < -0.39 is 0 Å². The van der Waals surface area contributed by atoms with Gasteiger partial charge in [-0.15, -0.1) is 0 Å². The largest absolute Gasteiger partial charge is 0.508 e. The minimum atomic E-state index is 0.175. The van der Waals surface area contributed by atoms with Crippen LogP contribution >= 0.6 is 15.9 Å². The van der Waals surface area contributed by atoms with Crippen LogP contribution in [0.2, 0.25) is 0 Å². The molecule has 1 rings (SSSR count). The van der Waals surface area contributed by atoms with Crippen LogP contribution in [0.3, 0.4) is 0 Å². The monoisotopic (exact) mass is 231 g/mol. The quantitative estimate of drug-likeness (QED) is 0.683. The van der Waals surface area contributed by atoms with Gasteiger partial charge in [0.05, 0.1) is 6.54 Å². The van der Waals surface area contributed by atoms with E-state index in [1.165, 1.54) is 0 Å². The summed E-state index contributed by atoms with van der Waals surface area (Å²) in [4.78, 5) is 0. The Kier molecular flexibility index (Phi) is 3.08. The predicted octanol–water partition coefficient (Wildman–Crippen LogP) is 1.94. The van der Waals surface area contributed by atoms with Crippen LogP contribution in [0.15, 0.2) is 16.6 Å². The first-order valence-electron chi connectivity index (χ1n) is 3.50. The highest BCUT2D eigenvalue weighted by molar-refractivity contribution is 9.10. The number of halogens is 1. The van der Waals surface area contributed by atoms with E-state index in [1.807, 2.05) is 12.4 Å². The van der Waals surface area contributed by atoms with Crippen LogP contribution in [0.1, 0.15) is 11.1 Å². The van der Waals surface area contributed by atoms with Crippen molar-refractivity contribution in [3.05, 3.63) is 27.7 Å². The van der Waals surface area contributed by atoms with Gasteiger partial charge < -0.3 is 10.3 Å². The molecule has 0 heterocycles. The van der Waals surface area contributed by atoms with E-state index in [0.717, 1.165) is 10.0 Å². The maximum absolute atomic E-state index is 9.37. The van der Waals surface area contributed by atoms with E-state index in [4.69, 9.17) is 5.21 Å². The molecule has 0 aliphatic rings. The van der Waals surface area contributed by atoms with Crippen LogP contribution in [0.25, 0.3) is 0 Å². The van der Waals surface area contributed by atoms with Gasteiger partial charge in [0.1, 0.15) is 5.75 Å². The standard InChI is InChI=1S/C8H10BrNO2/c1-5-2-3-7(11)6(4-10-12)8(5)9/h2-3,10-12H,4H2,1H3. The summed E-state index contributed by atoms with van der Waals surface area (Å²) >= 11 is 3.32. The van der Waals surface area contributed by atoms with Crippen molar-refractivity contribution in [2.24, 2.45) is 0 Å². The third kappa shape index (κ3) is 1.77. The summed E-state index contributed by atoms with van der Waals surface area (Å²) in [6.07, 6.45) is 0. The minimum absolute atomic E-state index is 0.175. The van der Waals surface area contributed by atoms with Gasteiger partial charge in [-0.25, -0.2) is 5.48 Å². The van der Waals surface area contributed by atoms with Gasteiger partial charge in [-0.2, -0.15) is 0 Å². The molecule has 0 spiro atoms. The van der Waals surface area contributed by atoms with Crippen molar-refractivity contribution in [1.82, 2.24) is 5.48 Å². The molecule has 0 atom stereocenters. The van der Waals surface area contributed by atoms with Crippen LogP contribution < -0.4 is 5.48 Å². The summed E-state index contributed by atoms with van der Waals surface area (Å²) in [5.41, 5.74) is 3.69. The smallest absolute Gasteiger partial charge is 0.121 e. The summed E-state index contributed by atoms with van der Waals surface area (Å²) in [7, 11) is 0. The topological polar surface area (TPSA) is 52.5 Å². The van der Waals surface area contributed by atoms with Gasteiger partial charge in [-0.1, -0.05) is 22.0 Å². The number of phenols is 1. The number of hydrogen-bond acceptors (Lipinski definition) is 3. The lowest BCUT2D eigenvalue weighted by atomic mass is 10.1. The van der Waals surface area contributed by atoms with E-state index in [2.05, 4.69) is 15.9 Å². The SMILES string of the molecule is Cc1ccc(O)c(CNO)c1Br. The summed E-state index contributed by atoms with van der Waals surface area (Å²) < 4.78 is 0.823. The average Bonchev–Trinajstić information content (AvgIpc) is 2.06. The second-order valence-corrected chi connectivity index (χ2v) is 3.32. The first kappa shape index (κ1) is 9.51. The van der Waals surface area contributed by atoms with Gasteiger partial charge >= 0.3 is 0 Å². The van der Waals surface area contributed by atoms with Gasteiger partial charge in [-0.05, 0) is 18.6 Å². The molecule has 0 saturated carbocycles. The minimum Gasteiger partial charge on any atom is -0.508 e. The number of phenolic OH excluding ortho intramolecular Hbond substituents is 1. The van der Waals surface area contributed by atoms with Crippen molar-refractivity contribution in [3.63, 3.8) is 0 Å². The van der Waals surface area contributed by atoms with Gasteiger partial charge in [0.15, 0.2) is 0 Å². The van der Waals surface area contributed by atoms with Gasteiger partial charge in [0, 0.05) is 10.0 Å². The maximum atomic E-state index is 9.37. The van der Waals surface area contributed by atoms with Crippen molar-refractivity contribution in [3.8, 4) is 5.75 Å². The van der Waals surface area contributed by atoms with E-state index in [9.17, 15) is 5.11 Å². The van der Waals surface area contributed by atoms with Crippen molar-refractivity contribution in [2.75, 3.05) is 0 Å². The molecule has 0 amide bonds. The Morgan fingerprint density at radius 1 is 1.50 bits per heavy atom. The van der Waals surface area contributed by atoms with Crippen LogP contribution in [-0.2, 0) is 6.54 Å². The number of hydroxylamine groups is 1. The van der Waals surface area contributed by atoms with Crippen molar-refractivity contribution in [1.29, 1.82) is 0 Å². The van der Waals surface area contributed by atoms with Crippen molar-refractivity contribution < 1.29 is 10.3 Å². The zero-order valence-corrected chi connectivity index (χ0v) is 8.22. The summed E-state index contributed by atoms with van der Waals surface area (Å²) in [5, 5.41) is 17.8. The Hall–Kier alpha value is -0.580. The van der Waals surface area contributed by atoms with E-state index in [0.29, 0.717) is 5.56 Å². The number of aromatic hydroxyl groups is 1. The molecule has 0 bridgehead atoms. The lowest BCUT2D eigenvalue weighted by molar-refractivity contribution is 0.160. The van der Waals surface area contributed by atoms with Gasteiger partial charge in [-0.3, -0.25) is 0 Å². The highest BCUT2D eigenvalue weighted by atomic mass is 79.9. The van der Waals surface area contributed by atoms with Crippen molar-refractivity contribution >= 4 is 15.9 Å². The number of benzene rings is 1. The fourth-order valence-electron chi connectivity index (χ4n) is 0.975. The molecular formula is C8H10BrNO2. The van der Waals surface area contributed by atoms with Gasteiger partial charge in [0.25, 0.3) is 0 Å². The van der Waals surface area contributed by atoms with Crippen LogP contribution in [0, 0.1) is 6.92 Å². The molecule has 4 heteroatoms. The molecule has 1 aromatic carbocycles. The Morgan fingerprint density at radius 3 is 2.75 bits per heavy atom. The average molecular weight is 232 g/mol. The molecule has 0 radical (unpaired) electrons. The molecule has 0 aliphatic carbocycles. The van der Waals surface area contributed by atoms with Crippen LogP contribution in [-0.4, -0.2) is 10.3 Å². The Labute approximate surface area is 79.1 Å². The zero-order valence-electron chi connectivity index (χ0n) is 6.63. The molecule has 3 N–H and O–H groups in total. The molecular weight excluding hydrogens is 222 g/mol. The highest BCUT2D eigenvalue weighted by Gasteiger charge is 2.07. The maximum Gasteiger partial charge on any atom is 0.121 e. The normalized spacial score (nSPS) is 10.2. The predicted molar refractivity (Wildman–Crippen MR) is 49.2 cm³/mol. The van der Waals surface area contributed by atoms with E-state index in [-0.39, 0.29) is 12.3 Å². The van der Waals surface area contributed by atoms with E-state index >= 15 is 0 Å². The fourth-order valence-corrected chi connectivity index (χ4v) is 1.45. The molecule has 0 saturated heterocycles. The van der Waals surface area contributed by atoms with Gasteiger partial charge in [0.2, 0.25) is 0 Å². The molecule has 0 unspecified atom stereocenters. The molecule has 0 aliphatic heterocycles. The number of nitrogens with one attached hydrogen (secondary N) is 1. The van der Waals surface area contributed by atoms with Crippen LogP contribution in [0.4, 0.5) is 0 Å². The second kappa shape index (κ2) is 3.89. The first-order valence-corrected chi connectivity index (χ1v) is 4.30. The molecule has 66 valence electrons. The third-order valence-electron chi connectivity index (χ3n) is 1.67. The van der Waals surface area contributed by atoms with Crippen LogP contribution in [0.5, 0.6) is 5.75 Å². The molecule has 1 aromatic rings. The Morgan fingerprint density at radius 2 is 2.17 bits per heavy atom. The summed E-state index contributed by atoms with van der Waals surface area (Å²) in [6, 6.07) is 3.41. The highest BCUT2D eigenvalue weighted by Crippen LogP contribution is 2.28. The first-order chi connectivity index (χ1) is 5.66. The van der Waals surface area contributed by atoms with E-state index in [1.54, 1.807) is 12.1 Å². The zero-order chi connectivity index (χ0) is 9.14. The lowest BCUT2D eigenvalue weighted by Gasteiger charge is -2.07. The lowest BCUT2D eigenvalue weighted by Crippen LogP contribution is -2.07. The fraction of sp³-hybridized carbons (Fsp3) is 0.250. The number of hydrogen-bond donors (Lipinski definition) is 3. The molecule has 0 aromatic heterocycles. The second-order valence-electron chi connectivity index (χ2n) is 2.53. The summed E-state index contributed by atoms with van der Waals surface area (Å²) in [6.45, 7) is 2.15. The molecule has 0 fully saturated rings. The molecule has 3 nitrogen and oxygen atoms in total. The summed E-state index contributed by atoms with van der Waals surface area (Å²) in [5.74, 6) is 0.175. The third-order valence-corrected chi connectivity index (χ3v) is 2.77. The number of rotatable bonds is 2. The Balaban J connectivity index is 3.14. The number of aryl methyl sites for hydroxylation is 1. The Bertz CT molecular complexity index is 289.